The molecule has 92 valence electrons. The molecule has 2 heterocycles. The van der Waals surface area contributed by atoms with Crippen LogP contribution in [0, 0.1) is 5.82 Å². The summed E-state index contributed by atoms with van der Waals surface area (Å²) >= 11 is 3.25. The Labute approximate surface area is 107 Å². The number of rotatable bonds is 1. The second kappa shape index (κ2) is 4.46. The van der Waals surface area contributed by atoms with E-state index in [9.17, 15) is 4.39 Å². The highest BCUT2D eigenvalue weighted by molar-refractivity contribution is 9.10. The highest BCUT2D eigenvalue weighted by Gasteiger charge is 2.27. The predicted molar refractivity (Wildman–Crippen MR) is 65.1 cm³/mol. The van der Waals surface area contributed by atoms with Crippen LogP contribution in [-0.4, -0.2) is 19.9 Å². The molecule has 1 aromatic carbocycles. The van der Waals surface area contributed by atoms with E-state index in [2.05, 4.69) is 21.2 Å². The Bertz CT molecular complexity index is 447. The molecule has 3 nitrogen and oxygen atoms in total. The minimum absolute atomic E-state index is 0.166. The first-order chi connectivity index (χ1) is 8.27. The van der Waals surface area contributed by atoms with E-state index in [1.807, 2.05) is 0 Å². The Morgan fingerprint density at radius 3 is 3.06 bits per heavy atom. The van der Waals surface area contributed by atoms with Crippen molar-refractivity contribution >= 4 is 15.9 Å². The molecule has 0 radical (unpaired) electrons. The zero-order valence-corrected chi connectivity index (χ0v) is 10.8. The largest absolute Gasteiger partial charge is 0.454 e. The van der Waals surface area contributed by atoms with Gasteiger partial charge in [-0.2, -0.15) is 0 Å². The van der Waals surface area contributed by atoms with Gasteiger partial charge < -0.3 is 14.8 Å². The van der Waals surface area contributed by atoms with Crippen LogP contribution in [0.3, 0.4) is 0 Å². The maximum absolute atomic E-state index is 14.2. The van der Waals surface area contributed by atoms with Crippen LogP contribution in [0.4, 0.5) is 4.39 Å². The molecule has 0 bridgehead atoms. The highest BCUT2D eigenvalue weighted by atomic mass is 79.9. The van der Waals surface area contributed by atoms with Crippen LogP contribution in [0.15, 0.2) is 10.5 Å². The molecule has 3 rings (SSSR count). The first kappa shape index (κ1) is 11.3. The maximum Gasteiger partial charge on any atom is 0.231 e. The standard InChI is InChI=1S/C12H13BrFNO2/c13-10-11(14)8(7-2-1-3-15-5-7)4-9-12(10)17-6-16-9/h4,7,15H,1-3,5-6H2. The van der Waals surface area contributed by atoms with Crippen LogP contribution >= 0.6 is 15.9 Å². The number of piperidine rings is 1. The van der Waals surface area contributed by atoms with Gasteiger partial charge in [0.1, 0.15) is 5.82 Å². The molecule has 0 spiro atoms. The zero-order valence-electron chi connectivity index (χ0n) is 9.26. The van der Waals surface area contributed by atoms with Crippen LogP contribution in [0.1, 0.15) is 24.3 Å². The lowest BCUT2D eigenvalue weighted by Gasteiger charge is -2.24. The topological polar surface area (TPSA) is 30.5 Å². The molecule has 2 aliphatic rings. The zero-order chi connectivity index (χ0) is 11.8. The Morgan fingerprint density at radius 2 is 2.29 bits per heavy atom. The quantitative estimate of drug-likeness (QED) is 0.865. The first-order valence-electron chi connectivity index (χ1n) is 5.75. The molecule has 0 saturated carbocycles. The Hall–Kier alpha value is -0.810. The fourth-order valence-corrected chi connectivity index (χ4v) is 2.95. The lowest BCUT2D eigenvalue weighted by atomic mass is 9.91. The smallest absolute Gasteiger partial charge is 0.231 e. The maximum atomic E-state index is 14.2. The molecule has 0 aliphatic carbocycles. The van der Waals surface area contributed by atoms with Crippen LogP contribution in [0.2, 0.25) is 0 Å². The third kappa shape index (κ3) is 1.91. The number of halogens is 2. The van der Waals surface area contributed by atoms with Crippen molar-refractivity contribution < 1.29 is 13.9 Å². The average molecular weight is 302 g/mol. The summed E-state index contributed by atoms with van der Waals surface area (Å²) in [7, 11) is 0. The second-order valence-electron chi connectivity index (χ2n) is 4.37. The van der Waals surface area contributed by atoms with Gasteiger partial charge in [-0.3, -0.25) is 0 Å². The van der Waals surface area contributed by atoms with E-state index in [0.717, 1.165) is 25.9 Å². The summed E-state index contributed by atoms with van der Waals surface area (Å²) in [5, 5.41) is 3.29. The molecule has 1 aromatic rings. The van der Waals surface area contributed by atoms with Crippen molar-refractivity contribution in [3.8, 4) is 11.5 Å². The van der Waals surface area contributed by atoms with Gasteiger partial charge in [0.15, 0.2) is 11.5 Å². The summed E-state index contributed by atoms with van der Waals surface area (Å²) in [6, 6.07) is 1.78. The van der Waals surface area contributed by atoms with Crippen molar-refractivity contribution in [2.45, 2.75) is 18.8 Å². The molecular weight excluding hydrogens is 289 g/mol. The summed E-state index contributed by atoms with van der Waals surface area (Å²) in [6.07, 6.45) is 2.09. The summed E-state index contributed by atoms with van der Waals surface area (Å²) in [5.74, 6) is 1.12. The van der Waals surface area contributed by atoms with E-state index in [0.29, 0.717) is 21.5 Å². The van der Waals surface area contributed by atoms with Gasteiger partial charge in [-0.1, -0.05) is 0 Å². The molecule has 1 fully saturated rings. The van der Waals surface area contributed by atoms with Crippen LogP contribution in [0.25, 0.3) is 0 Å². The number of hydrogen-bond acceptors (Lipinski definition) is 3. The number of ether oxygens (including phenoxy) is 2. The van der Waals surface area contributed by atoms with Gasteiger partial charge in [0, 0.05) is 6.54 Å². The van der Waals surface area contributed by atoms with E-state index in [-0.39, 0.29) is 18.5 Å². The fourth-order valence-electron chi connectivity index (χ4n) is 2.41. The molecule has 1 N–H and O–H groups in total. The monoisotopic (exact) mass is 301 g/mol. The van der Waals surface area contributed by atoms with Gasteiger partial charge in [-0.15, -0.1) is 0 Å². The molecular formula is C12H13BrFNO2. The van der Waals surface area contributed by atoms with Crippen molar-refractivity contribution in [1.29, 1.82) is 0 Å². The normalized spacial score (nSPS) is 22.8. The minimum Gasteiger partial charge on any atom is -0.454 e. The van der Waals surface area contributed by atoms with Crippen LogP contribution in [0.5, 0.6) is 11.5 Å². The van der Waals surface area contributed by atoms with Crippen molar-refractivity contribution in [3.63, 3.8) is 0 Å². The van der Waals surface area contributed by atoms with Crippen molar-refractivity contribution in [3.05, 3.63) is 21.9 Å². The summed E-state index contributed by atoms with van der Waals surface area (Å²) in [5.41, 5.74) is 0.716. The van der Waals surface area contributed by atoms with Gasteiger partial charge in [-0.25, -0.2) is 4.39 Å². The predicted octanol–water partition coefficient (Wildman–Crippen LogP) is 2.78. The number of benzene rings is 1. The van der Waals surface area contributed by atoms with Gasteiger partial charge in [0.05, 0.1) is 4.47 Å². The Morgan fingerprint density at radius 1 is 1.41 bits per heavy atom. The molecule has 1 unspecified atom stereocenters. The molecule has 5 heteroatoms. The number of hydrogen-bond donors (Lipinski definition) is 1. The first-order valence-corrected chi connectivity index (χ1v) is 6.55. The Kier molecular flexibility index (Phi) is 2.96. The second-order valence-corrected chi connectivity index (χ2v) is 5.16. The number of nitrogens with one attached hydrogen (secondary N) is 1. The van der Waals surface area contributed by atoms with Crippen molar-refractivity contribution in [1.82, 2.24) is 5.32 Å². The van der Waals surface area contributed by atoms with E-state index in [1.54, 1.807) is 6.07 Å². The molecule has 2 aliphatic heterocycles. The van der Waals surface area contributed by atoms with E-state index in [1.165, 1.54) is 0 Å². The summed E-state index contributed by atoms with van der Waals surface area (Å²) in [6.45, 7) is 2.01. The summed E-state index contributed by atoms with van der Waals surface area (Å²) < 4.78 is 25.2. The van der Waals surface area contributed by atoms with Crippen LogP contribution < -0.4 is 14.8 Å². The van der Waals surface area contributed by atoms with Gasteiger partial charge in [0.2, 0.25) is 6.79 Å². The lowest BCUT2D eigenvalue weighted by molar-refractivity contribution is 0.173. The third-order valence-electron chi connectivity index (χ3n) is 3.31. The average Bonchev–Trinajstić information content (AvgIpc) is 2.83. The lowest BCUT2D eigenvalue weighted by Crippen LogP contribution is -2.28. The molecule has 1 atom stereocenters. The molecule has 0 amide bonds. The van der Waals surface area contributed by atoms with Crippen molar-refractivity contribution in [2.75, 3.05) is 19.9 Å². The van der Waals surface area contributed by atoms with E-state index < -0.39 is 0 Å². The van der Waals surface area contributed by atoms with E-state index >= 15 is 0 Å². The Balaban J connectivity index is 2.01. The molecule has 17 heavy (non-hydrogen) atoms. The van der Waals surface area contributed by atoms with Gasteiger partial charge in [0.25, 0.3) is 0 Å². The fraction of sp³-hybridized carbons (Fsp3) is 0.500. The highest BCUT2D eigenvalue weighted by Crippen LogP contribution is 2.44. The SMILES string of the molecule is Fc1c(C2CCCNC2)cc2c(c1Br)OCO2. The van der Waals surface area contributed by atoms with Crippen molar-refractivity contribution in [2.24, 2.45) is 0 Å². The molecule has 0 aromatic heterocycles. The number of fused-ring (bicyclic) bond motifs is 1. The third-order valence-corrected chi connectivity index (χ3v) is 4.02. The van der Waals surface area contributed by atoms with Gasteiger partial charge >= 0.3 is 0 Å². The minimum atomic E-state index is -0.219. The van der Waals surface area contributed by atoms with E-state index in [4.69, 9.17) is 9.47 Å². The molecule has 1 saturated heterocycles. The van der Waals surface area contributed by atoms with Gasteiger partial charge in [-0.05, 0) is 52.9 Å². The van der Waals surface area contributed by atoms with Crippen LogP contribution in [-0.2, 0) is 0 Å². The summed E-state index contributed by atoms with van der Waals surface area (Å²) in [4.78, 5) is 0.